The van der Waals surface area contributed by atoms with Crippen LogP contribution in [0.1, 0.15) is 32.1 Å². The predicted molar refractivity (Wildman–Crippen MR) is 84.3 cm³/mol. The summed E-state index contributed by atoms with van der Waals surface area (Å²) in [5.74, 6) is -3.62. The fourth-order valence-corrected chi connectivity index (χ4v) is 4.19. The highest BCUT2D eigenvalue weighted by molar-refractivity contribution is 6.01. The number of halogens is 2. The Labute approximate surface area is 133 Å². The van der Waals surface area contributed by atoms with Gasteiger partial charge < -0.3 is 5.32 Å². The van der Waals surface area contributed by atoms with Crippen LogP contribution in [-0.2, 0) is 4.79 Å². The number of pyridine rings is 1. The standard InChI is InChI=1S/C18H18F2N2O/c19-18(20)15-7-3-4-9-17(15,18)11-16(23)22-14-8-10-21-13-6-2-1-5-12(13)14/h1-2,5-6,8,10,15H,3-4,7,9,11H2,(H,21,22,23). The first-order valence-corrected chi connectivity index (χ1v) is 8.06. The predicted octanol–water partition coefficient (Wildman–Crippen LogP) is 4.39. The minimum Gasteiger partial charge on any atom is -0.325 e. The molecule has 1 amide bonds. The maximum atomic E-state index is 14.1. The molecule has 5 heteroatoms. The number of anilines is 1. The molecule has 3 nitrogen and oxygen atoms in total. The topological polar surface area (TPSA) is 42.0 Å². The van der Waals surface area contributed by atoms with Crippen molar-refractivity contribution in [1.29, 1.82) is 0 Å². The van der Waals surface area contributed by atoms with Crippen LogP contribution in [0.3, 0.4) is 0 Å². The molecular weight excluding hydrogens is 298 g/mol. The Morgan fingerprint density at radius 1 is 1.26 bits per heavy atom. The van der Waals surface area contributed by atoms with Crippen molar-refractivity contribution >= 4 is 22.5 Å². The molecule has 0 spiro atoms. The summed E-state index contributed by atoms with van der Waals surface area (Å²) in [6.07, 6.45) is 4.15. The number of hydrogen-bond acceptors (Lipinski definition) is 2. The van der Waals surface area contributed by atoms with E-state index in [1.165, 1.54) is 0 Å². The molecule has 2 aromatic rings. The number of carbonyl (C=O) groups is 1. The summed E-state index contributed by atoms with van der Waals surface area (Å²) >= 11 is 0. The summed E-state index contributed by atoms with van der Waals surface area (Å²) in [5.41, 5.74) is 0.308. The van der Waals surface area contributed by atoms with Gasteiger partial charge in [0.05, 0.1) is 16.6 Å². The number of aromatic nitrogens is 1. The van der Waals surface area contributed by atoms with E-state index in [-0.39, 0.29) is 12.3 Å². The van der Waals surface area contributed by atoms with Gasteiger partial charge in [0.15, 0.2) is 0 Å². The summed E-state index contributed by atoms with van der Waals surface area (Å²) in [7, 11) is 0. The van der Waals surface area contributed by atoms with E-state index in [2.05, 4.69) is 10.3 Å². The summed E-state index contributed by atoms with van der Waals surface area (Å²) in [5, 5.41) is 3.63. The Bertz CT molecular complexity index is 771. The molecule has 120 valence electrons. The van der Waals surface area contributed by atoms with E-state index in [1.807, 2.05) is 24.3 Å². The van der Waals surface area contributed by atoms with Crippen molar-refractivity contribution in [3.05, 3.63) is 36.5 Å². The number of amides is 1. The van der Waals surface area contributed by atoms with Crippen molar-refractivity contribution < 1.29 is 13.6 Å². The maximum Gasteiger partial charge on any atom is 0.258 e. The largest absolute Gasteiger partial charge is 0.325 e. The van der Waals surface area contributed by atoms with Gasteiger partial charge in [-0.05, 0) is 25.0 Å². The van der Waals surface area contributed by atoms with E-state index in [4.69, 9.17) is 0 Å². The van der Waals surface area contributed by atoms with Gasteiger partial charge in [0.2, 0.25) is 5.91 Å². The SMILES string of the molecule is O=C(CC12CCCCC1C2(F)F)Nc1ccnc2ccccc12. The number of benzene rings is 1. The first-order chi connectivity index (χ1) is 11.0. The Balaban J connectivity index is 1.54. The first kappa shape index (κ1) is 14.5. The Hall–Kier alpha value is -2.04. The Kier molecular flexibility index (Phi) is 3.15. The zero-order valence-corrected chi connectivity index (χ0v) is 12.7. The number of para-hydroxylation sites is 1. The number of alkyl halides is 2. The summed E-state index contributed by atoms with van der Waals surface area (Å²) in [6, 6.07) is 9.17. The van der Waals surface area contributed by atoms with Gasteiger partial charge in [0, 0.05) is 23.9 Å². The molecule has 0 bridgehead atoms. The molecule has 2 aliphatic carbocycles. The van der Waals surface area contributed by atoms with E-state index < -0.39 is 17.3 Å². The average Bonchev–Trinajstić information content (AvgIpc) is 3.03. The lowest BCUT2D eigenvalue weighted by Crippen LogP contribution is -2.23. The molecule has 2 atom stereocenters. The summed E-state index contributed by atoms with van der Waals surface area (Å²) < 4.78 is 28.2. The molecule has 1 aromatic heterocycles. The molecule has 2 unspecified atom stereocenters. The number of nitrogens with one attached hydrogen (secondary N) is 1. The number of hydrogen-bond donors (Lipinski definition) is 1. The molecule has 2 saturated carbocycles. The molecule has 1 N–H and O–H groups in total. The van der Waals surface area contributed by atoms with Crippen LogP contribution >= 0.6 is 0 Å². The van der Waals surface area contributed by atoms with Gasteiger partial charge in [-0.15, -0.1) is 0 Å². The third-order valence-electron chi connectivity index (χ3n) is 5.45. The van der Waals surface area contributed by atoms with Gasteiger partial charge in [-0.1, -0.05) is 31.0 Å². The highest BCUT2D eigenvalue weighted by atomic mass is 19.3. The lowest BCUT2D eigenvalue weighted by Gasteiger charge is -2.20. The minimum absolute atomic E-state index is 0.0959. The zero-order valence-electron chi connectivity index (χ0n) is 12.7. The van der Waals surface area contributed by atoms with E-state index in [0.29, 0.717) is 18.5 Å². The molecular formula is C18H18F2N2O. The molecule has 2 aliphatic rings. The van der Waals surface area contributed by atoms with Crippen molar-refractivity contribution in [2.45, 2.75) is 38.0 Å². The second-order valence-electron chi connectivity index (χ2n) is 6.68. The van der Waals surface area contributed by atoms with Crippen LogP contribution in [0.25, 0.3) is 10.9 Å². The normalized spacial score (nSPS) is 28.2. The molecule has 4 rings (SSSR count). The van der Waals surface area contributed by atoms with E-state index >= 15 is 0 Å². The van der Waals surface area contributed by atoms with E-state index in [9.17, 15) is 13.6 Å². The van der Waals surface area contributed by atoms with E-state index in [1.54, 1.807) is 12.3 Å². The fourth-order valence-electron chi connectivity index (χ4n) is 4.19. The van der Waals surface area contributed by atoms with Crippen molar-refractivity contribution in [1.82, 2.24) is 4.98 Å². The zero-order chi connectivity index (χ0) is 16.1. The van der Waals surface area contributed by atoms with Crippen molar-refractivity contribution in [2.24, 2.45) is 11.3 Å². The van der Waals surface area contributed by atoms with E-state index in [0.717, 1.165) is 23.7 Å². The third kappa shape index (κ3) is 2.13. The van der Waals surface area contributed by atoms with Crippen molar-refractivity contribution in [3.63, 3.8) is 0 Å². The molecule has 1 heterocycles. The molecule has 0 aliphatic heterocycles. The fraction of sp³-hybridized carbons (Fsp3) is 0.444. The highest BCUT2D eigenvalue weighted by Gasteiger charge is 2.80. The molecule has 0 saturated heterocycles. The maximum absolute atomic E-state index is 14.1. The molecule has 0 radical (unpaired) electrons. The Morgan fingerprint density at radius 3 is 2.91 bits per heavy atom. The molecule has 23 heavy (non-hydrogen) atoms. The average molecular weight is 316 g/mol. The van der Waals surface area contributed by atoms with Crippen LogP contribution in [0.4, 0.5) is 14.5 Å². The lowest BCUT2D eigenvalue weighted by atomic mass is 9.85. The summed E-state index contributed by atoms with van der Waals surface area (Å²) in [6.45, 7) is 0. The third-order valence-corrected chi connectivity index (χ3v) is 5.45. The molecule has 1 aromatic carbocycles. The minimum atomic E-state index is -2.68. The quantitative estimate of drug-likeness (QED) is 0.912. The monoisotopic (exact) mass is 316 g/mol. The second kappa shape index (κ2) is 4.98. The van der Waals surface area contributed by atoms with Crippen molar-refractivity contribution in [3.8, 4) is 0 Å². The van der Waals surface area contributed by atoms with Crippen LogP contribution in [0.2, 0.25) is 0 Å². The van der Waals surface area contributed by atoms with Gasteiger partial charge in [-0.2, -0.15) is 0 Å². The van der Waals surface area contributed by atoms with Crippen LogP contribution in [0, 0.1) is 11.3 Å². The van der Waals surface area contributed by atoms with Gasteiger partial charge in [-0.25, -0.2) is 8.78 Å². The van der Waals surface area contributed by atoms with Crippen LogP contribution in [0.5, 0.6) is 0 Å². The first-order valence-electron chi connectivity index (χ1n) is 8.06. The smallest absolute Gasteiger partial charge is 0.258 e. The van der Waals surface area contributed by atoms with Crippen LogP contribution in [-0.4, -0.2) is 16.8 Å². The van der Waals surface area contributed by atoms with Crippen molar-refractivity contribution in [2.75, 3.05) is 5.32 Å². The summed E-state index contributed by atoms with van der Waals surface area (Å²) in [4.78, 5) is 16.6. The lowest BCUT2D eigenvalue weighted by molar-refractivity contribution is -0.118. The second-order valence-corrected chi connectivity index (χ2v) is 6.68. The number of rotatable bonds is 3. The van der Waals surface area contributed by atoms with Gasteiger partial charge >= 0.3 is 0 Å². The van der Waals surface area contributed by atoms with Gasteiger partial charge in [-0.3, -0.25) is 9.78 Å². The van der Waals surface area contributed by atoms with Gasteiger partial charge in [0.1, 0.15) is 0 Å². The van der Waals surface area contributed by atoms with Crippen LogP contribution in [0.15, 0.2) is 36.5 Å². The Morgan fingerprint density at radius 2 is 2.09 bits per heavy atom. The van der Waals surface area contributed by atoms with Crippen LogP contribution < -0.4 is 5.32 Å². The number of carbonyl (C=O) groups excluding carboxylic acids is 1. The number of nitrogens with zero attached hydrogens (tertiary/aromatic N) is 1. The molecule has 2 fully saturated rings. The highest BCUT2D eigenvalue weighted by Crippen LogP contribution is 2.73. The van der Waals surface area contributed by atoms with Gasteiger partial charge in [0.25, 0.3) is 5.92 Å². The number of fused-ring (bicyclic) bond motifs is 2.